The lowest BCUT2D eigenvalue weighted by Gasteiger charge is -2.37. The van der Waals surface area contributed by atoms with Gasteiger partial charge in [0.2, 0.25) is 0 Å². The van der Waals surface area contributed by atoms with E-state index in [1.807, 2.05) is 26.0 Å². The molecule has 0 radical (unpaired) electrons. The average Bonchev–Trinajstić information content (AvgIpc) is 3.17. The molecule has 1 unspecified atom stereocenters. The molecular formula is C27H36O8. The predicted octanol–water partition coefficient (Wildman–Crippen LogP) is 2.38. The van der Waals surface area contributed by atoms with Crippen molar-refractivity contribution in [3.05, 3.63) is 52.6 Å². The molecule has 1 heterocycles. The van der Waals surface area contributed by atoms with Crippen molar-refractivity contribution in [2.45, 2.75) is 64.4 Å². The Hall–Kier alpha value is -2.52. The van der Waals surface area contributed by atoms with Gasteiger partial charge < -0.3 is 29.5 Å². The van der Waals surface area contributed by atoms with Gasteiger partial charge in [-0.3, -0.25) is 4.79 Å². The number of hydrogen-bond donors (Lipinski definition) is 3. The van der Waals surface area contributed by atoms with Gasteiger partial charge in [-0.05, 0) is 56.4 Å². The Morgan fingerprint density at radius 2 is 2.00 bits per heavy atom. The highest BCUT2D eigenvalue weighted by Crippen LogP contribution is 2.34. The Bertz CT molecular complexity index is 979. The lowest BCUT2D eigenvalue weighted by Crippen LogP contribution is -2.50. The van der Waals surface area contributed by atoms with Crippen LogP contribution >= 0.6 is 0 Å². The maximum atomic E-state index is 13.0. The fourth-order valence-electron chi connectivity index (χ4n) is 4.39. The molecule has 0 saturated carbocycles. The van der Waals surface area contributed by atoms with E-state index in [4.69, 9.17) is 9.47 Å². The van der Waals surface area contributed by atoms with Crippen molar-refractivity contribution in [3.63, 3.8) is 0 Å². The van der Waals surface area contributed by atoms with E-state index < -0.39 is 30.4 Å². The molecule has 3 rings (SSSR count). The molecule has 1 saturated heterocycles. The number of carbonyl (C=O) groups is 2. The molecule has 1 aliphatic heterocycles. The van der Waals surface area contributed by atoms with Gasteiger partial charge in [0.15, 0.2) is 12.4 Å². The average molecular weight is 489 g/mol. The topological polar surface area (TPSA) is 123 Å². The van der Waals surface area contributed by atoms with Crippen LogP contribution in [0.15, 0.2) is 41.5 Å². The SMILES string of the molecule is COC(=O)COc1ccc2c(c1)CC(=C(C)C[C@@H]1OCC(CC=C[C@@H](C)[C@H](C)O)[C@@H](O)[C@H]1O)C2=O. The van der Waals surface area contributed by atoms with Gasteiger partial charge in [-0.25, -0.2) is 4.79 Å². The van der Waals surface area contributed by atoms with Gasteiger partial charge >= 0.3 is 5.97 Å². The number of aliphatic hydroxyl groups excluding tert-OH is 3. The van der Waals surface area contributed by atoms with E-state index >= 15 is 0 Å². The number of rotatable bonds is 9. The molecule has 0 spiro atoms. The Morgan fingerprint density at radius 1 is 1.26 bits per heavy atom. The summed E-state index contributed by atoms with van der Waals surface area (Å²) in [5.74, 6) is -0.311. The first-order valence-corrected chi connectivity index (χ1v) is 12.0. The predicted molar refractivity (Wildman–Crippen MR) is 129 cm³/mol. The van der Waals surface area contributed by atoms with Gasteiger partial charge in [-0.2, -0.15) is 0 Å². The third-order valence-electron chi connectivity index (χ3n) is 6.95. The van der Waals surface area contributed by atoms with E-state index in [2.05, 4.69) is 4.74 Å². The van der Waals surface area contributed by atoms with E-state index in [0.717, 1.165) is 11.1 Å². The van der Waals surface area contributed by atoms with Crippen LogP contribution in [0.1, 0.15) is 49.5 Å². The Labute approximate surface area is 206 Å². The first-order chi connectivity index (χ1) is 16.6. The summed E-state index contributed by atoms with van der Waals surface area (Å²) >= 11 is 0. The molecule has 2 aliphatic rings. The van der Waals surface area contributed by atoms with Crippen LogP contribution in [-0.4, -0.2) is 71.8 Å². The number of ether oxygens (including phenoxy) is 3. The van der Waals surface area contributed by atoms with Crippen molar-refractivity contribution < 1.29 is 39.1 Å². The Balaban J connectivity index is 1.61. The summed E-state index contributed by atoms with van der Waals surface area (Å²) in [6.07, 6.45) is 2.05. The summed E-state index contributed by atoms with van der Waals surface area (Å²) < 4.78 is 15.9. The normalized spacial score (nSPS) is 27.5. The van der Waals surface area contributed by atoms with Crippen LogP contribution < -0.4 is 4.74 Å². The molecule has 1 aromatic rings. The highest BCUT2D eigenvalue weighted by atomic mass is 16.6. The second-order valence-corrected chi connectivity index (χ2v) is 9.53. The number of methoxy groups -OCH3 is 1. The van der Waals surface area contributed by atoms with E-state index in [1.165, 1.54) is 7.11 Å². The van der Waals surface area contributed by atoms with Crippen LogP contribution in [0.5, 0.6) is 5.75 Å². The van der Waals surface area contributed by atoms with Crippen molar-refractivity contribution in [1.82, 2.24) is 0 Å². The Morgan fingerprint density at radius 3 is 2.69 bits per heavy atom. The van der Waals surface area contributed by atoms with Gasteiger partial charge in [-0.15, -0.1) is 0 Å². The first kappa shape index (κ1) is 27.1. The summed E-state index contributed by atoms with van der Waals surface area (Å²) in [6.45, 7) is 5.58. The van der Waals surface area contributed by atoms with Crippen LogP contribution in [0.4, 0.5) is 0 Å². The summed E-state index contributed by atoms with van der Waals surface area (Å²) in [5, 5.41) is 30.9. The lowest BCUT2D eigenvalue weighted by molar-refractivity contribution is -0.162. The minimum atomic E-state index is -1.07. The van der Waals surface area contributed by atoms with Gasteiger partial charge in [0.05, 0.1) is 32.0 Å². The van der Waals surface area contributed by atoms with E-state index in [9.17, 15) is 24.9 Å². The smallest absolute Gasteiger partial charge is 0.343 e. The minimum Gasteiger partial charge on any atom is -0.482 e. The summed E-state index contributed by atoms with van der Waals surface area (Å²) in [5.41, 5.74) is 2.86. The maximum Gasteiger partial charge on any atom is 0.343 e. The zero-order valence-corrected chi connectivity index (χ0v) is 20.8. The molecule has 35 heavy (non-hydrogen) atoms. The largest absolute Gasteiger partial charge is 0.482 e. The summed E-state index contributed by atoms with van der Waals surface area (Å²) in [6, 6.07) is 5.10. The highest BCUT2D eigenvalue weighted by Gasteiger charge is 2.38. The molecule has 8 nitrogen and oxygen atoms in total. The maximum absolute atomic E-state index is 13.0. The zero-order valence-electron chi connectivity index (χ0n) is 20.8. The number of allylic oxidation sites excluding steroid dienone is 2. The second kappa shape index (κ2) is 11.9. The molecular weight excluding hydrogens is 452 g/mol. The first-order valence-electron chi connectivity index (χ1n) is 12.0. The number of aliphatic hydroxyl groups is 3. The third kappa shape index (κ3) is 6.58. The fraction of sp³-hybridized carbons (Fsp3) is 0.556. The lowest BCUT2D eigenvalue weighted by atomic mass is 9.86. The molecule has 1 fully saturated rings. The number of esters is 1. The van der Waals surface area contributed by atoms with Crippen LogP contribution in [-0.2, 0) is 20.7 Å². The molecule has 3 N–H and O–H groups in total. The second-order valence-electron chi connectivity index (χ2n) is 9.53. The number of carbonyl (C=O) groups excluding carboxylic acids is 2. The fourth-order valence-corrected chi connectivity index (χ4v) is 4.39. The molecule has 0 bridgehead atoms. The standard InChI is InChI=1S/C27H36O8/c1-15(17(3)28)6-5-7-18-13-35-23(27(32)25(18)30)10-16(2)22-12-19-11-20(34-14-24(29)33-4)8-9-21(19)26(22)31/h5-6,8-9,11,15,17-18,23,25,27-28,30,32H,7,10,12-14H2,1-4H3/t15-,17+,18?,23+,25-,27+/m1/s1. The minimum absolute atomic E-state index is 0.00663. The molecule has 0 aromatic heterocycles. The van der Waals surface area contributed by atoms with Crippen molar-refractivity contribution >= 4 is 11.8 Å². The zero-order chi connectivity index (χ0) is 25.7. The van der Waals surface area contributed by atoms with Gasteiger partial charge in [0.25, 0.3) is 0 Å². The van der Waals surface area contributed by atoms with Crippen LogP contribution in [0.2, 0.25) is 0 Å². The molecule has 1 aromatic carbocycles. The van der Waals surface area contributed by atoms with Gasteiger partial charge in [-0.1, -0.05) is 24.6 Å². The monoisotopic (exact) mass is 488 g/mol. The number of Topliss-reactive ketones (excluding diaryl/α,β-unsaturated/α-hetero) is 1. The summed E-state index contributed by atoms with van der Waals surface area (Å²) in [7, 11) is 1.29. The van der Waals surface area contributed by atoms with Crippen LogP contribution in [0.25, 0.3) is 0 Å². The van der Waals surface area contributed by atoms with Crippen molar-refractivity contribution in [3.8, 4) is 5.75 Å². The third-order valence-corrected chi connectivity index (χ3v) is 6.95. The number of hydrogen-bond acceptors (Lipinski definition) is 8. The molecule has 1 aliphatic carbocycles. The summed E-state index contributed by atoms with van der Waals surface area (Å²) in [4.78, 5) is 24.3. The van der Waals surface area contributed by atoms with E-state index in [1.54, 1.807) is 25.1 Å². The van der Waals surface area contributed by atoms with Crippen molar-refractivity contribution in [1.29, 1.82) is 0 Å². The molecule has 6 atom stereocenters. The van der Waals surface area contributed by atoms with E-state index in [0.29, 0.717) is 42.8 Å². The van der Waals surface area contributed by atoms with Crippen molar-refractivity contribution in [2.75, 3.05) is 20.3 Å². The number of benzene rings is 1. The van der Waals surface area contributed by atoms with Gasteiger partial charge in [0.1, 0.15) is 11.9 Å². The van der Waals surface area contributed by atoms with E-state index in [-0.39, 0.29) is 24.2 Å². The van der Waals surface area contributed by atoms with Crippen LogP contribution in [0.3, 0.4) is 0 Å². The van der Waals surface area contributed by atoms with Gasteiger partial charge in [0, 0.05) is 23.5 Å². The van der Waals surface area contributed by atoms with Crippen molar-refractivity contribution in [2.24, 2.45) is 11.8 Å². The molecule has 0 amide bonds. The number of ketones is 1. The Kier molecular flexibility index (Phi) is 9.24. The van der Waals surface area contributed by atoms with Crippen LogP contribution in [0, 0.1) is 11.8 Å². The quantitative estimate of drug-likeness (QED) is 0.275. The molecule has 8 heteroatoms. The molecule has 192 valence electrons. The number of fused-ring (bicyclic) bond motifs is 1. The highest BCUT2D eigenvalue weighted by molar-refractivity contribution is 6.13.